The van der Waals surface area contributed by atoms with E-state index in [2.05, 4.69) is 0 Å². The van der Waals surface area contributed by atoms with Gasteiger partial charge in [0, 0.05) is 17.7 Å². The molecule has 1 aliphatic heterocycles. The van der Waals surface area contributed by atoms with Gasteiger partial charge < -0.3 is 4.74 Å². The number of esters is 1. The molecule has 0 saturated carbocycles. The zero-order valence-electron chi connectivity index (χ0n) is 20.3. The van der Waals surface area contributed by atoms with Crippen molar-refractivity contribution in [1.82, 2.24) is 4.31 Å². The number of Topliss-reactive ketones (excluding diaryl/α,β-unsaturated/α-hetero) is 2. The molecular weight excluding hydrogens is 454 g/mol. The van der Waals surface area contributed by atoms with Gasteiger partial charge in [-0.05, 0) is 88.3 Å². The summed E-state index contributed by atoms with van der Waals surface area (Å²) in [6, 6.07) is 6.71. The summed E-state index contributed by atoms with van der Waals surface area (Å²) >= 11 is 0. The molecule has 0 radical (unpaired) electrons. The lowest BCUT2D eigenvalue weighted by Gasteiger charge is -2.33. The number of hydrogen-bond acceptors (Lipinski definition) is 6. The number of aryl methyl sites for hydroxylation is 2. The molecule has 0 spiro atoms. The largest absolute Gasteiger partial charge is 0.460 e. The quantitative estimate of drug-likeness (QED) is 0.428. The van der Waals surface area contributed by atoms with E-state index in [1.165, 1.54) is 42.4 Å². The monoisotopic (exact) mass is 485 g/mol. The first-order valence-electron chi connectivity index (χ1n) is 11.3. The zero-order chi connectivity index (χ0) is 25.2. The molecule has 0 aliphatic carbocycles. The molecule has 8 heteroatoms. The molecule has 1 fully saturated rings. The minimum atomic E-state index is -3.94. The van der Waals surface area contributed by atoms with Crippen molar-refractivity contribution in [3.8, 4) is 0 Å². The second kappa shape index (κ2) is 10.2. The highest BCUT2D eigenvalue weighted by molar-refractivity contribution is 7.89. The predicted octanol–water partition coefficient (Wildman–Crippen LogP) is 4.30. The lowest BCUT2D eigenvalue weighted by atomic mass is 9.92. The van der Waals surface area contributed by atoms with E-state index in [0.717, 1.165) is 22.3 Å². The summed E-state index contributed by atoms with van der Waals surface area (Å²) in [7, 11) is -3.94. The highest BCUT2D eigenvalue weighted by Crippen LogP contribution is 2.28. The third-order valence-corrected chi connectivity index (χ3v) is 8.36. The Hall–Kier alpha value is -2.84. The summed E-state index contributed by atoms with van der Waals surface area (Å²) in [5.41, 5.74) is 4.35. The Morgan fingerprint density at radius 2 is 1.62 bits per heavy atom. The van der Waals surface area contributed by atoms with Gasteiger partial charge in [0.2, 0.25) is 10.0 Å². The minimum absolute atomic E-state index is 0.0330. The molecular formula is C26H31NO6S. The number of carbonyl (C=O) groups excluding carboxylic acids is 3. The van der Waals surface area contributed by atoms with Gasteiger partial charge in [0.25, 0.3) is 0 Å². The van der Waals surface area contributed by atoms with Crippen LogP contribution in [-0.2, 0) is 26.2 Å². The standard InChI is InChI=1S/C26H31NO6S/c1-16-14-17(2)25(20(5)29)18(3)23(16)15-33-26(30)24-8-6-7-13-27(24)34(31,32)22-11-9-21(10-12-22)19(4)28/h9-12,14,24H,6-8,13,15H2,1-5H3. The fourth-order valence-electron chi connectivity index (χ4n) is 4.66. The van der Waals surface area contributed by atoms with Crippen LogP contribution in [0.2, 0.25) is 0 Å². The van der Waals surface area contributed by atoms with Gasteiger partial charge in [-0.3, -0.25) is 14.4 Å². The molecule has 7 nitrogen and oxygen atoms in total. The highest BCUT2D eigenvalue weighted by atomic mass is 32.2. The predicted molar refractivity (Wildman–Crippen MR) is 128 cm³/mol. The molecule has 0 amide bonds. The van der Waals surface area contributed by atoms with Crippen molar-refractivity contribution in [2.75, 3.05) is 6.54 Å². The molecule has 1 atom stereocenters. The fraction of sp³-hybridized carbons (Fsp3) is 0.423. The number of nitrogens with zero attached hydrogens (tertiary/aromatic N) is 1. The van der Waals surface area contributed by atoms with Gasteiger partial charge in [-0.15, -0.1) is 0 Å². The lowest BCUT2D eigenvalue weighted by Crippen LogP contribution is -2.48. The Kier molecular flexibility index (Phi) is 7.73. The average molecular weight is 486 g/mol. The third kappa shape index (κ3) is 5.13. The number of sulfonamides is 1. The van der Waals surface area contributed by atoms with E-state index in [0.29, 0.717) is 30.4 Å². The van der Waals surface area contributed by atoms with Crippen molar-refractivity contribution >= 4 is 27.6 Å². The third-order valence-electron chi connectivity index (χ3n) is 6.44. The molecule has 1 saturated heterocycles. The minimum Gasteiger partial charge on any atom is -0.460 e. The Morgan fingerprint density at radius 1 is 0.971 bits per heavy atom. The molecule has 1 heterocycles. The van der Waals surface area contributed by atoms with Crippen molar-refractivity contribution in [3.63, 3.8) is 0 Å². The number of ether oxygens (including phenoxy) is 1. The van der Waals surface area contributed by atoms with Gasteiger partial charge in [-0.25, -0.2) is 8.42 Å². The van der Waals surface area contributed by atoms with E-state index >= 15 is 0 Å². The summed E-state index contributed by atoms with van der Waals surface area (Å²) in [5, 5.41) is 0. The van der Waals surface area contributed by atoms with Crippen molar-refractivity contribution in [1.29, 1.82) is 0 Å². The Balaban J connectivity index is 1.83. The Bertz CT molecular complexity index is 1230. The number of carbonyl (C=O) groups is 3. The van der Waals surface area contributed by atoms with Gasteiger partial charge in [0.15, 0.2) is 11.6 Å². The van der Waals surface area contributed by atoms with Crippen LogP contribution in [0.4, 0.5) is 0 Å². The zero-order valence-corrected chi connectivity index (χ0v) is 21.1. The second-order valence-corrected chi connectivity index (χ2v) is 10.8. The average Bonchev–Trinajstić information content (AvgIpc) is 2.78. The smallest absolute Gasteiger partial charge is 0.324 e. The molecule has 0 aromatic heterocycles. The molecule has 1 aliphatic rings. The van der Waals surface area contributed by atoms with Crippen LogP contribution in [-0.4, -0.2) is 42.8 Å². The van der Waals surface area contributed by atoms with Crippen LogP contribution in [0.3, 0.4) is 0 Å². The van der Waals surface area contributed by atoms with Crippen LogP contribution in [0.1, 0.15) is 76.1 Å². The number of rotatable bonds is 7. The van der Waals surface area contributed by atoms with Gasteiger partial charge in [-0.1, -0.05) is 18.2 Å². The maximum absolute atomic E-state index is 13.3. The van der Waals surface area contributed by atoms with Crippen LogP contribution in [0.15, 0.2) is 35.2 Å². The van der Waals surface area contributed by atoms with Crippen molar-refractivity contribution in [3.05, 3.63) is 63.7 Å². The van der Waals surface area contributed by atoms with E-state index in [9.17, 15) is 22.8 Å². The first kappa shape index (κ1) is 25.8. The van der Waals surface area contributed by atoms with Crippen LogP contribution in [0, 0.1) is 20.8 Å². The van der Waals surface area contributed by atoms with Crippen LogP contribution in [0.5, 0.6) is 0 Å². The molecule has 2 aromatic rings. The van der Waals surface area contributed by atoms with E-state index in [1.807, 2.05) is 26.8 Å². The van der Waals surface area contributed by atoms with Crippen molar-refractivity contribution in [2.24, 2.45) is 0 Å². The number of benzene rings is 2. The van der Waals surface area contributed by atoms with E-state index in [-0.39, 0.29) is 29.6 Å². The fourth-order valence-corrected chi connectivity index (χ4v) is 6.30. The van der Waals surface area contributed by atoms with Crippen LogP contribution >= 0.6 is 0 Å². The normalized spacial score (nSPS) is 16.8. The van der Waals surface area contributed by atoms with E-state index < -0.39 is 22.0 Å². The molecule has 1 unspecified atom stereocenters. The summed E-state index contributed by atoms with van der Waals surface area (Å²) in [4.78, 5) is 36.7. The Labute approximate surface area is 201 Å². The number of hydrogen-bond donors (Lipinski definition) is 0. The number of piperidine rings is 1. The van der Waals surface area contributed by atoms with Gasteiger partial charge in [0.1, 0.15) is 12.6 Å². The van der Waals surface area contributed by atoms with Crippen molar-refractivity contribution < 1.29 is 27.5 Å². The molecule has 0 N–H and O–H groups in total. The SMILES string of the molecule is CC(=O)c1ccc(S(=O)(=O)N2CCCCC2C(=O)OCc2c(C)cc(C)c(C(C)=O)c2C)cc1. The first-order chi connectivity index (χ1) is 15.9. The van der Waals surface area contributed by atoms with E-state index in [4.69, 9.17) is 4.74 Å². The molecule has 182 valence electrons. The topological polar surface area (TPSA) is 97.8 Å². The summed E-state index contributed by atoms with van der Waals surface area (Å²) < 4.78 is 33.5. The van der Waals surface area contributed by atoms with E-state index in [1.54, 1.807) is 0 Å². The first-order valence-corrected chi connectivity index (χ1v) is 12.8. The maximum atomic E-state index is 13.3. The maximum Gasteiger partial charge on any atom is 0.324 e. The molecule has 3 rings (SSSR count). The summed E-state index contributed by atoms with van der Waals surface area (Å²) in [6.45, 7) is 8.71. The number of ketones is 2. The van der Waals surface area contributed by atoms with Crippen molar-refractivity contribution in [2.45, 2.75) is 71.4 Å². The molecule has 34 heavy (non-hydrogen) atoms. The van der Waals surface area contributed by atoms with Gasteiger partial charge in [0.05, 0.1) is 4.90 Å². The van der Waals surface area contributed by atoms with Crippen LogP contribution in [0.25, 0.3) is 0 Å². The Morgan fingerprint density at radius 3 is 2.21 bits per heavy atom. The lowest BCUT2D eigenvalue weighted by molar-refractivity contribution is -0.150. The van der Waals surface area contributed by atoms with Gasteiger partial charge in [-0.2, -0.15) is 4.31 Å². The molecule has 2 aromatic carbocycles. The summed E-state index contributed by atoms with van der Waals surface area (Å²) in [5.74, 6) is -0.812. The van der Waals surface area contributed by atoms with Crippen LogP contribution < -0.4 is 0 Å². The molecule has 0 bridgehead atoms. The second-order valence-electron chi connectivity index (χ2n) is 8.86. The van der Waals surface area contributed by atoms with Gasteiger partial charge >= 0.3 is 5.97 Å². The highest BCUT2D eigenvalue weighted by Gasteiger charge is 2.38. The summed E-state index contributed by atoms with van der Waals surface area (Å²) in [6.07, 6.45) is 1.73.